The molecule has 46 heavy (non-hydrogen) atoms. The monoisotopic (exact) mass is 605 g/mol. The first kappa shape index (κ1) is 30.2. The molecule has 2 atom stereocenters. The smallest absolute Gasteiger partial charge is 0.225 e. The molecular weight excluding hydrogens is 558 g/mol. The van der Waals surface area contributed by atoms with Crippen LogP contribution in [0, 0.1) is 0 Å². The van der Waals surface area contributed by atoms with Crippen LogP contribution in [0.15, 0.2) is 121 Å². The van der Waals surface area contributed by atoms with Gasteiger partial charge in [-0.05, 0) is 72.7 Å². The number of aromatic nitrogens is 3. The number of hydrogen-bond acceptors (Lipinski definition) is 0. The highest BCUT2D eigenvalue weighted by Gasteiger charge is 2.58. The summed E-state index contributed by atoms with van der Waals surface area (Å²) in [6.45, 7) is 11.9. The molecule has 0 saturated carbocycles. The summed E-state index contributed by atoms with van der Waals surface area (Å²) in [5.74, 6) is 1.64. The molecule has 0 aliphatic carbocycles. The molecule has 0 saturated heterocycles. The molecule has 0 spiro atoms. The molecule has 4 aromatic carbocycles. The van der Waals surface area contributed by atoms with E-state index in [0.29, 0.717) is 5.92 Å². The maximum absolute atomic E-state index is 2.59. The number of benzene rings is 4. The zero-order valence-electron chi connectivity index (χ0n) is 28.3. The van der Waals surface area contributed by atoms with E-state index >= 15 is 0 Å². The molecule has 3 heteroatoms. The van der Waals surface area contributed by atoms with Gasteiger partial charge in [0.25, 0.3) is 5.82 Å². The lowest BCUT2D eigenvalue weighted by Crippen LogP contribution is -2.68. The Hall–Kier alpha value is -4.50. The van der Waals surface area contributed by atoms with Crippen LogP contribution in [0.2, 0.25) is 0 Å². The second-order valence-corrected chi connectivity index (χ2v) is 13.6. The summed E-state index contributed by atoms with van der Waals surface area (Å²) < 4.78 is 7.50. The van der Waals surface area contributed by atoms with E-state index in [2.05, 4.69) is 177 Å². The summed E-state index contributed by atoms with van der Waals surface area (Å²) in [6, 6.07) is 42.8. The molecule has 2 unspecified atom stereocenters. The standard InChI is InChI=1S/C43H47N3/c1-7-42(5)43(8-2,36-23-13-11-22-35(36)37-24-17-18-30-45(37)42)29-28-32-19-9-10-21-34(32)41-44(6)39-26-15-16-27-40(39)46(41)38-25-14-12-20-33(38)31(3)4/h9-27,30-31H,7-8,28-29H2,1-6H3/q+2. The van der Waals surface area contributed by atoms with Gasteiger partial charge >= 0.3 is 0 Å². The molecule has 6 aromatic rings. The van der Waals surface area contributed by atoms with E-state index in [-0.39, 0.29) is 11.0 Å². The van der Waals surface area contributed by atoms with E-state index < -0.39 is 0 Å². The highest BCUT2D eigenvalue weighted by atomic mass is 15.2. The van der Waals surface area contributed by atoms with Gasteiger partial charge in [0, 0.05) is 31.0 Å². The third-order valence-electron chi connectivity index (χ3n) is 11.3. The third-order valence-corrected chi connectivity index (χ3v) is 11.3. The molecule has 0 fully saturated rings. The molecule has 7 rings (SSSR count). The van der Waals surface area contributed by atoms with Crippen molar-refractivity contribution in [1.29, 1.82) is 0 Å². The van der Waals surface area contributed by atoms with Crippen LogP contribution in [0.4, 0.5) is 0 Å². The summed E-state index contributed by atoms with van der Waals surface area (Å²) in [5, 5.41) is 0. The van der Waals surface area contributed by atoms with Crippen molar-refractivity contribution < 1.29 is 9.13 Å². The van der Waals surface area contributed by atoms with Crippen molar-refractivity contribution in [2.24, 2.45) is 7.05 Å². The van der Waals surface area contributed by atoms with E-state index in [4.69, 9.17) is 0 Å². The Balaban J connectivity index is 1.41. The first-order valence-corrected chi connectivity index (χ1v) is 17.1. The fourth-order valence-electron chi connectivity index (χ4n) is 8.74. The lowest BCUT2D eigenvalue weighted by molar-refractivity contribution is -0.766. The summed E-state index contributed by atoms with van der Waals surface area (Å²) >= 11 is 0. The van der Waals surface area contributed by atoms with Crippen LogP contribution >= 0.6 is 0 Å². The van der Waals surface area contributed by atoms with Gasteiger partial charge < -0.3 is 0 Å². The average molecular weight is 606 g/mol. The Morgan fingerprint density at radius 3 is 2.17 bits per heavy atom. The highest BCUT2D eigenvalue weighted by molar-refractivity contribution is 5.80. The molecule has 0 radical (unpaired) electrons. The Labute approximate surface area is 274 Å². The number of nitrogens with zero attached hydrogens (tertiary/aromatic N) is 3. The quantitative estimate of drug-likeness (QED) is 0.153. The highest BCUT2D eigenvalue weighted by Crippen LogP contribution is 2.52. The number of imidazole rings is 1. The molecule has 1 aliphatic rings. The minimum atomic E-state index is -0.0581. The van der Waals surface area contributed by atoms with Crippen molar-refractivity contribution in [3.63, 3.8) is 0 Å². The zero-order chi connectivity index (χ0) is 32.1. The first-order valence-electron chi connectivity index (χ1n) is 17.1. The van der Waals surface area contributed by atoms with Crippen molar-refractivity contribution >= 4 is 11.0 Å². The van der Waals surface area contributed by atoms with E-state index in [1.807, 2.05) is 0 Å². The van der Waals surface area contributed by atoms with Crippen LogP contribution in [0.25, 0.3) is 39.4 Å². The van der Waals surface area contributed by atoms with E-state index in [1.165, 1.54) is 56.1 Å². The van der Waals surface area contributed by atoms with Crippen LogP contribution in [0.3, 0.4) is 0 Å². The van der Waals surface area contributed by atoms with Crippen molar-refractivity contribution in [2.45, 2.75) is 77.2 Å². The van der Waals surface area contributed by atoms with Crippen molar-refractivity contribution in [2.75, 3.05) is 0 Å². The second-order valence-electron chi connectivity index (χ2n) is 13.6. The molecule has 1 aliphatic heterocycles. The number of rotatable bonds is 8. The fraction of sp³-hybridized carbons (Fsp3) is 0.302. The normalized spacial score (nSPS) is 18.9. The fourth-order valence-corrected chi connectivity index (χ4v) is 8.74. The predicted octanol–water partition coefficient (Wildman–Crippen LogP) is 9.62. The number of hydrogen-bond donors (Lipinski definition) is 0. The topological polar surface area (TPSA) is 12.7 Å². The van der Waals surface area contributed by atoms with Gasteiger partial charge in [-0.25, -0.2) is 4.57 Å². The molecule has 2 aromatic heterocycles. The van der Waals surface area contributed by atoms with Gasteiger partial charge in [-0.2, -0.15) is 9.13 Å². The zero-order valence-corrected chi connectivity index (χ0v) is 28.3. The van der Waals surface area contributed by atoms with Crippen LogP contribution in [0.1, 0.15) is 76.5 Å². The van der Waals surface area contributed by atoms with E-state index in [9.17, 15) is 0 Å². The first-order chi connectivity index (χ1) is 22.4. The number of fused-ring (bicyclic) bond motifs is 4. The number of pyridine rings is 1. The van der Waals surface area contributed by atoms with Gasteiger partial charge in [0.1, 0.15) is 5.69 Å². The molecule has 0 bridgehead atoms. The van der Waals surface area contributed by atoms with Crippen molar-refractivity contribution in [1.82, 2.24) is 4.57 Å². The third kappa shape index (κ3) is 4.39. The average Bonchev–Trinajstić information content (AvgIpc) is 3.40. The van der Waals surface area contributed by atoms with Gasteiger partial charge in [-0.3, -0.25) is 0 Å². The summed E-state index contributed by atoms with van der Waals surface area (Å²) in [5.41, 5.74) is 11.9. The van der Waals surface area contributed by atoms with Gasteiger partial charge in [0.2, 0.25) is 5.69 Å². The van der Waals surface area contributed by atoms with Crippen LogP contribution < -0.4 is 9.13 Å². The molecule has 0 N–H and O–H groups in total. The molecular formula is C43H47N3+2. The number of aryl methyl sites for hydroxylation is 2. The van der Waals surface area contributed by atoms with E-state index in [0.717, 1.165) is 25.7 Å². The van der Waals surface area contributed by atoms with Gasteiger partial charge in [0.15, 0.2) is 22.8 Å². The number of para-hydroxylation sites is 3. The van der Waals surface area contributed by atoms with Gasteiger partial charge in [0.05, 0.1) is 23.6 Å². The predicted molar refractivity (Wildman–Crippen MR) is 190 cm³/mol. The lowest BCUT2D eigenvalue weighted by atomic mass is 9.57. The maximum Gasteiger partial charge on any atom is 0.295 e. The van der Waals surface area contributed by atoms with E-state index in [1.54, 1.807) is 0 Å². The van der Waals surface area contributed by atoms with Crippen LogP contribution in [0.5, 0.6) is 0 Å². The lowest BCUT2D eigenvalue weighted by Gasteiger charge is -2.48. The SMILES string of the molecule is CCC1(CCc2ccccc2-c2n(-c3ccccc3C(C)C)c3ccccc3[n+]2C)c2ccccc2-c2cccc[n+]2C1(C)CC. The molecule has 3 heterocycles. The van der Waals surface area contributed by atoms with Gasteiger partial charge in [-0.1, -0.05) is 94.4 Å². The largest absolute Gasteiger partial charge is 0.295 e. The summed E-state index contributed by atoms with van der Waals surface area (Å²) in [4.78, 5) is 0. The summed E-state index contributed by atoms with van der Waals surface area (Å²) in [6.07, 6.45) is 6.51. The minimum absolute atomic E-state index is 0.0242. The maximum atomic E-state index is 2.59. The molecule has 232 valence electrons. The summed E-state index contributed by atoms with van der Waals surface area (Å²) in [7, 11) is 2.23. The molecule has 0 amide bonds. The second kappa shape index (κ2) is 11.7. The molecule has 3 nitrogen and oxygen atoms in total. The van der Waals surface area contributed by atoms with Crippen molar-refractivity contribution in [3.05, 3.63) is 138 Å². The Morgan fingerprint density at radius 1 is 0.717 bits per heavy atom. The van der Waals surface area contributed by atoms with Crippen LogP contribution in [-0.2, 0) is 24.4 Å². The minimum Gasteiger partial charge on any atom is -0.225 e. The Morgan fingerprint density at radius 2 is 1.39 bits per heavy atom. The van der Waals surface area contributed by atoms with Crippen LogP contribution in [-0.4, -0.2) is 4.57 Å². The van der Waals surface area contributed by atoms with Gasteiger partial charge in [-0.15, -0.1) is 0 Å². The Kier molecular flexibility index (Phi) is 7.67. The van der Waals surface area contributed by atoms with Crippen molar-refractivity contribution in [3.8, 4) is 28.3 Å². The Bertz CT molecular complexity index is 2050.